The van der Waals surface area contributed by atoms with E-state index in [4.69, 9.17) is 9.52 Å². The van der Waals surface area contributed by atoms with Crippen LogP contribution in [0.25, 0.3) is 11.0 Å². The van der Waals surface area contributed by atoms with Gasteiger partial charge in [-0.15, -0.1) is 0 Å². The third kappa shape index (κ3) is 4.88. The van der Waals surface area contributed by atoms with E-state index in [0.29, 0.717) is 17.7 Å². The molecule has 2 heterocycles. The molecule has 1 aliphatic rings. The number of carbonyl (C=O) groups excluding carboxylic acids is 1. The first kappa shape index (κ1) is 17.6. The average molecular weight is 345 g/mol. The van der Waals surface area contributed by atoms with E-state index in [1.54, 1.807) is 24.3 Å². The number of amides is 1. The van der Waals surface area contributed by atoms with Gasteiger partial charge in [-0.3, -0.25) is 9.69 Å². The standard InChI is InChI=1S/C18H23N3O4/c22-12-11-21-9-7-20(8-10-21)6-5-17(23)19-15-2-3-16-14(13-15)1-4-18(24)25-16/h1-4,13,22H,5-12H2,(H,19,23). The third-order valence-electron chi connectivity index (χ3n) is 4.44. The molecular formula is C18H23N3O4. The number of aliphatic hydroxyl groups excluding tert-OH is 1. The molecule has 2 N–H and O–H groups in total. The van der Waals surface area contributed by atoms with Gasteiger partial charge in [0.1, 0.15) is 5.58 Å². The zero-order valence-electron chi connectivity index (χ0n) is 14.1. The van der Waals surface area contributed by atoms with E-state index in [0.717, 1.165) is 44.7 Å². The molecule has 0 bridgehead atoms. The van der Waals surface area contributed by atoms with Crippen molar-refractivity contribution in [2.24, 2.45) is 0 Å². The highest BCUT2D eigenvalue weighted by molar-refractivity contribution is 5.93. The Morgan fingerprint density at radius 3 is 2.52 bits per heavy atom. The van der Waals surface area contributed by atoms with Crippen LogP contribution >= 0.6 is 0 Å². The molecule has 0 aliphatic carbocycles. The molecule has 1 amide bonds. The largest absolute Gasteiger partial charge is 0.423 e. The molecule has 1 saturated heterocycles. The highest BCUT2D eigenvalue weighted by Gasteiger charge is 2.16. The minimum atomic E-state index is -0.386. The number of aliphatic hydroxyl groups is 1. The third-order valence-corrected chi connectivity index (χ3v) is 4.44. The van der Waals surface area contributed by atoms with E-state index >= 15 is 0 Å². The van der Waals surface area contributed by atoms with Crippen molar-refractivity contribution in [1.82, 2.24) is 9.80 Å². The molecular weight excluding hydrogens is 322 g/mol. The van der Waals surface area contributed by atoms with Crippen molar-refractivity contribution >= 4 is 22.6 Å². The number of hydrogen-bond donors (Lipinski definition) is 2. The van der Waals surface area contributed by atoms with Crippen LogP contribution in [0.15, 0.2) is 39.5 Å². The van der Waals surface area contributed by atoms with Gasteiger partial charge in [0, 0.05) is 62.8 Å². The van der Waals surface area contributed by atoms with Crippen LogP contribution in [0.1, 0.15) is 6.42 Å². The molecule has 0 spiro atoms. The number of hydrogen-bond acceptors (Lipinski definition) is 6. The maximum atomic E-state index is 12.2. The molecule has 0 radical (unpaired) electrons. The van der Waals surface area contributed by atoms with Crippen LogP contribution in [-0.2, 0) is 4.79 Å². The number of piperazine rings is 1. The van der Waals surface area contributed by atoms with Gasteiger partial charge in [0.25, 0.3) is 0 Å². The van der Waals surface area contributed by atoms with E-state index < -0.39 is 0 Å². The van der Waals surface area contributed by atoms with E-state index in [-0.39, 0.29) is 18.1 Å². The molecule has 1 aromatic carbocycles. The summed E-state index contributed by atoms with van der Waals surface area (Å²) in [6, 6.07) is 8.26. The zero-order chi connectivity index (χ0) is 17.6. The van der Waals surface area contributed by atoms with Gasteiger partial charge in [-0.1, -0.05) is 0 Å². The van der Waals surface area contributed by atoms with Crippen molar-refractivity contribution in [3.05, 3.63) is 40.8 Å². The Morgan fingerprint density at radius 1 is 1.08 bits per heavy atom. The predicted octanol–water partition coefficient (Wildman–Crippen LogP) is 0.732. The van der Waals surface area contributed by atoms with Gasteiger partial charge < -0.3 is 19.7 Å². The highest BCUT2D eigenvalue weighted by atomic mass is 16.4. The molecule has 25 heavy (non-hydrogen) atoms. The minimum absolute atomic E-state index is 0.0329. The molecule has 3 rings (SSSR count). The smallest absolute Gasteiger partial charge is 0.336 e. The Balaban J connectivity index is 1.48. The first-order valence-electron chi connectivity index (χ1n) is 8.53. The van der Waals surface area contributed by atoms with Crippen LogP contribution in [-0.4, -0.2) is 66.7 Å². The van der Waals surface area contributed by atoms with Gasteiger partial charge in [0.05, 0.1) is 6.61 Å². The van der Waals surface area contributed by atoms with Crippen molar-refractivity contribution < 1.29 is 14.3 Å². The van der Waals surface area contributed by atoms with Crippen molar-refractivity contribution in [3.8, 4) is 0 Å². The van der Waals surface area contributed by atoms with Crippen LogP contribution in [0.4, 0.5) is 5.69 Å². The van der Waals surface area contributed by atoms with E-state index in [1.165, 1.54) is 6.07 Å². The first-order chi connectivity index (χ1) is 12.1. The minimum Gasteiger partial charge on any atom is -0.423 e. The molecule has 7 heteroatoms. The lowest BCUT2D eigenvalue weighted by molar-refractivity contribution is -0.116. The lowest BCUT2D eigenvalue weighted by Gasteiger charge is -2.34. The molecule has 0 saturated carbocycles. The fraction of sp³-hybridized carbons (Fsp3) is 0.444. The number of nitrogens with zero attached hydrogens (tertiary/aromatic N) is 2. The molecule has 134 valence electrons. The molecule has 0 atom stereocenters. The first-order valence-corrected chi connectivity index (χ1v) is 8.53. The summed E-state index contributed by atoms with van der Waals surface area (Å²) in [5.41, 5.74) is 0.814. The maximum absolute atomic E-state index is 12.2. The molecule has 1 aliphatic heterocycles. The monoisotopic (exact) mass is 345 g/mol. The number of carbonyl (C=O) groups is 1. The second-order valence-electron chi connectivity index (χ2n) is 6.21. The van der Waals surface area contributed by atoms with E-state index in [9.17, 15) is 9.59 Å². The second-order valence-corrected chi connectivity index (χ2v) is 6.21. The Morgan fingerprint density at radius 2 is 1.80 bits per heavy atom. The summed E-state index contributed by atoms with van der Waals surface area (Å²) in [7, 11) is 0. The van der Waals surface area contributed by atoms with Crippen LogP contribution in [0.2, 0.25) is 0 Å². The Bertz CT molecular complexity index is 781. The molecule has 1 fully saturated rings. The van der Waals surface area contributed by atoms with Crippen LogP contribution < -0.4 is 10.9 Å². The summed E-state index contributed by atoms with van der Waals surface area (Å²) in [4.78, 5) is 27.8. The van der Waals surface area contributed by atoms with Crippen molar-refractivity contribution in [2.75, 3.05) is 51.2 Å². The lowest BCUT2D eigenvalue weighted by Crippen LogP contribution is -2.47. The van der Waals surface area contributed by atoms with Crippen LogP contribution in [0.3, 0.4) is 0 Å². The fourth-order valence-electron chi connectivity index (χ4n) is 3.01. The average Bonchev–Trinajstić information content (AvgIpc) is 2.61. The topological polar surface area (TPSA) is 86.0 Å². The summed E-state index contributed by atoms with van der Waals surface area (Å²) in [5, 5.41) is 12.6. The quantitative estimate of drug-likeness (QED) is 0.751. The summed E-state index contributed by atoms with van der Waals surface area (Å²) >= 11 is 0. The molecule has 2 aromatic rings. The molecule has 1 aromatic heterocycles. The molecule has 7 nitrogen and oxygen atoms in total. The summed E-state index contributed by atoms with van der Waals surface area (Å²) in [6.45, 7) is 5.33. The van der Waals surface area contributed by atoms with Gasteiger partial charge >= 0.3 is 5.63 Å². The number of rotatable bonds is 6. The van der Waals surface area contributed by atoms with E-state index in [1.807, 2.05) is 0 Å². The maximum Gasteiger partial charge on any atom is 0.336 e. The van der Waals surface area contributed by atoms with Gasteiger partial charge in [-0.25, -0.2) is 4.79 Å². The highest BCUT2D eigenvalue weighted by Crippen LogP contribution is 2.17. The van der Waals surface area contributed by atoms with Gasteiger partial charge in [0.15, 0.2) is 0 Å². The Labute approximate surface area is 145 Å². The van der Waals surface area contributed by atoms with E-state index in [2.05, 4.69) is 15.1 Å². The number of β-amino-alcohol motifs (C(OH)–C–C–N with tert-alkyl or cyclic N) is 1. The summed E-state index contributed by atoms with van der Waals surface area (Å²) < 4.78 is 5.08. The predicted molar refractivity (Wildman–Crippen MR) is 95.7 cm³/mol. The van der Waals surface area contributed by atoms with Crippen molar-refractivity contribution in [1.29, 1.82) is 0 Å². The Kier molecular flexibility index (Phi) is 5.80. The number of benzene rings is 1. The normalized spacial score (nSPS) is 16.2. The van der Waals surface area contributed by atoms with Gasteiger partial charge in [-0.05, 0) is 24.3 Å². The second kappa shape index (κ2) is 8.24. The zero-order valence-corrected chi connectivity index (χ0v) is 14.1. The number of fused-ring (bicyclic) bond motifs is 1. The Hall–Kier alpha value is -2.22. The van der Waals surface area contributed by atoms with Gasteiger partial charge in [-0.2, -0.15) is 0 Å². The lowest BCUT2D eigenvalue weighted by atomic mass is 10.2. The summed E-state index contributed by atoms with van der Waals surface area (Å²) in [6.07, 6.45) is 0.432. The molecule has 0 unspecified atom stereocenters. The van der Waals surface area contributed by atoms with Crippen LogP contribution in [0.5, 0.6) is 0 Å². The SMILES string of the molecule is O=C(CCN1CCN(CCO)CC1)Nc1ccc2oc(=O)ccc2c1. The summed E-state index contributed by atoms with van der Waals surface area (Å²) in [5.74, 6) is -0.0329. The van der Waals surface area contributed by atoms with Gasteiger partial charge in [0.2, 0.25) is 5.91 Å². The number of nitrogens with one attached hydrogen (secondary N) is 1. The number of anilines is 1. The van der Waals surface area contributed by atoms with Crippen molar-refractivity contribution in [2.45, 2.75) is 6.42 Å². The van der Waals surface area contributed by atoms with Crippen molar-refractivity contribution in [3.63, 3.8) is 0 Å². The fourth-order valence-corrected chi connectivity index (χ4v) is 3.01. The van der Waals surface area contributed by atoms with Crippen LogP contribution in [0, 0.1) is 0 Å².